The summed E-state index contributed by atoms with van der Waals surface area (Å²) in [4.78, 5) is 37.9. The number of rotatable bonds is 1. The van der Waals surface area contributed by atoms with E-state index >= 15 is 0 Å². The van der Waals surface area contributed by atoms with E-state index in [2.05, 4.69) is 0 Å². The lowest BCUT2D eigenvalue weighted by Crippen LogP contribution is -2.47. The summed E-state index contributed by atoms with van der Waals surface area (Å²) in [5.41, 5.74) is -0.836. The number of nitrogens with zero attached hydrogens (tertiary/aromatic N) is 1. The lowest BCUT2D eigenvalue weighted by Gasteiger charge is -2.32. The van der Waals surface area contributed by atoms with E-state index in [1.807, 2.05) is 0 Å². The molecule has 0 aromatic rings. The number of carbonyl (C=O) groups excluding carboxylic acids is 3. The molecule has 20 heavy (non-hydrogen) atoms. The number of esters is 1. The molecule has 0 saturated carbocycles. The summed E-state index contributed by atoms with van der Waals surface area (Å²) in [7, 11) is 0. The van der Waals surface area contributed by atoms with E-state index in [1.54, 1.807) is 17.9 Å². The van der Waals surface area contributed by atoms with Gasteiger partial charge in [0.25, 0.3) is 0 Å². The zero-order valence-electron chi connectivity index (χ0n) is 11.3. The van der Waals surface area contributed by atoms with Crippen molar-refractivity contribution in [3.63, 3.8) is 0 Å². The zero-order valence-corrected chi connectivity index (χ0v) is 11.3. The molecule has 2 fully saturated rings. The number of hydrogen-bond acceptors (Lipinski definition) is 5. The number of carbonyl (C=O) groups is 3. The van der Waals surface area contributed by atoms with Crippen LogP contribution < -0.4 is 0 Å². The predicted octanol–water partition coefficient (Wildman–Crippen LogP) is -0.0779. The van der Waals surface area contributed by atoms with Crippen molar-refractivity contribution in [2.24, 2.45) is 11.8 Å². The molecule has 3 atom stereocenters. The Bertz CT molecular complexity index is 494. The van der Waals surface area contributed by atoms with E-state index in [9.17, 15) is 14.4 Å². The molecule has 2 heterocycles. The van der Waals surface area contributed by atoms with Crippen LogP contribution in [0.4, 0.5) is 0 Å². The summed E-state index contributed by atoms with van der Waals surface area (Å²) in [6, 6.07) is 0. The Morgan fingerprint density at radius 3 is 2.75 bits per heavy atom. The second-order valence-electron chi connectivity index (χ2n) is 5.63. The van der Waals surface area contributed by atoms with Gasteiger partial charge >= 0.3 is 5.97 Å². The van der Waals surface area contributed by atoms with Gasteiger partial charge in [0.2, 0.25) is 5.91 Å². The topological polar surface area (TPSA) is 72.9 Å². The average Bonchev–Trinajstić information content (AvgIpc) is 2.69. The van der Waals surface area contributed by atoms with Crippen LogP contribution >= 0.6 is 0 Å². The minimum atomic E-state index is -0.869. The molecule has 2 saturated heterocycles. The van der Waals surface area contributed by atoms with Gasteiger partial charge in [0.15, 0.2) is 5.78 Å². The molecule has 6 heteroatoms. The Kier molecular flexibility index (Phi) is 3.12. The van der Waals surface area contributed by atoms with Crippen molar-refractivity contribution in [2.75, 3.05) is 26.3 Å². The fourth-order valence-corrected chi connectivity index (χ4v) is 3.13. The lowest BCUT2D eigenvalue weighted by molar-refractivity contribution is -0.153. The summed E-state index contributed by atoms with van der Waals surface area (Å²) in [5.74, 6) is -2.09. The maximum Gasteiger partial charge on any atom is 0.319 e. The van der Waals surface area contributed by atoms with Crippen LogP contribution in [0.5, 0.6) is 0 Å². The fraction of sp³-hybridized carbons (Fsp3) is 0.643. The Morgan fingerprint density at radius 2 is 2.05 bits per heavy atom. The van der Waals surface area contributed by atoms with Gasteiger partial charge in [-0.15, -0.1) is 0 Å². The third kappa shape index (κ3) is 2.04. The number of ether oxygens (including phenoxy) is 2. The summed E-state index contributed by atoms with van der Waals surface area (Å²) < 4.78 is 10.6. The molecule has 3 aliphatic rings. The molecule has 0 radical (unpaired) electrons. The number of hydrogen-bond donors (Lipinski definition) is 0. The molecule has 0 aromatic heterocycles. The molecule has 6 nitrogen and oxygen atoms in total. The molecular formula is C14H17NO5. The fourth-order valence-electron chi connectivity index (χ4n) is 3.13. The Morgan fingerprint density at radius 1 is 1.35 bits per heavy atom. The first-order chi connectivity index (χ1) is 9.51. The van der Waals surface area contributed by atoms with Gasteiger partial charge in [-0.2, -0.15) is 0 Å². The SMILES string of the molecule is C[C@@]12C=CC(=O)C[C@@H]1[C@@H](C(=O)N1CCOCC1)C(=O)O2. The summed E-state index contributed by atoms with van der Waals surface area (Å²) >= 11 is 0. The first-order valence-electron chi connectivity index (χ1n) is 6.83. The van der Waals surface area contributed by atoms with Crippen LogP contribution in [0.1, 0.15) is 13.3 Å². The largest absolute Gasteiger partial charge is 0.454 e. The van der Waals surface area contributed by atoms with Crippen molar-refractivity contribution in [3.05, 3.63) is 12.2 Å². The van der Waals surface area contributed by atoms with Crippen LogP contribution in [-0.2, 0) is 23.9 Å². The summed E-state index contributed by atoms with van der Waals surface area (Å²) in [5, 5.41) is 0. The van der Waals surface area contributed by atoms with Crippen LogP contribution in [-0.4, -0.2) is 54.5 Å². The maximum absolute atomic E-state index is 12.5. The highest BCUT2D eigenvalue weighted by molar-refractivity contribution is 6.02. The molecular weight excluding hydrogens is 262 g/mol. The minimum absolute atomic E-state index is 0.0643. The normalized spacial score (nSPS) is 36.8. The first-order valence-corrected chi connectivity index (χ1v) is 6.83. The van der Waals surface area contributed by atoms with Crippen LogP contribution in [0.15, 0.2) is 12.2 Å². The molecule has 1 amide bonds. The number of fused-ring (bicyclic) bond motifs is 1. The number of allylic oxidation sites excluding steroid dienone is 1. The van der Waals surface area contributed by atoms with Gasteiger partial charge < -0.3 is 14.4 Å². The number of ketones is 1. The van der Waals surface area contributed by atoms with Crippen LogP contribution in [0.25, 0.3) is 0 Å². The van der Waals surface area contributed by atoms with Crippen LogP contribution in [0.2, 0.25) is 0 Å². The van der Waals surface area contributed by atoms with E-state index in [0.717, 1.165) is 0 Å². The third-order valence-electron chi connectivity index (χ3n) is 4.32. The highest BCUT2D eigenvalue weighted by Crippen LogP contribution is 2.43. The van der Waals surface area contributed by atoms with E-state index < -0.39 is 23.4 Å². The van der Waals surface area contributed by atoms with E-state index in [-0.39, 0.29) is 18.1 Å². The van der Waals surface area contributed by atoms with Crippen molar-refractivity contribution in [1.82, 2.24) is 4.90 Å². The van der Waals surface area contributed by atoms with Gasteiger partial charge in [-0.3, -0.25) is 14.4 Å². The Hall–Kier alpha value is -1.69. The highest BCUT2D eigenvalue weighted by Gasteiger charge is 2.57. The molecule has 1 aliphatic carbocycles. The van der Waals surface area contributed by atoms with Crippen molar-refractivity contribution < 1.29 is 23.9 Å². The van der Waals surface area contributed by atoms with Crippen molar-refractivity contribution >= 4 is 17.7 Å². The minimum Gasteiger partial charge on any atom is -0.454 e. The molecule has 108 valence electrons. The maximum atomic E-state index is 12.5. The standard InChI is InChI=1S/C14H17NO5/c1-14-3-2-9(16)8-10(14)11(13(18)20-14)12(17)15-4-6-19-7-5-15/h2-3,10-11H,4-8H2,1H3/t10-,11+,14-/m1/s1. The third-order valence-corrected chi connectivity index (χ3v) is 4.32. The molecule has 3 rings (SSSR count). The van der Waals surface area contributed by atoms with Gasteiger partial charge in [-0.25, -0.2) is 0 Å². The first kappa shape index (κ1) is 13.3. The van der Waals surface area contributed by atoms with E-state index in [4.69, 9.17) is 9.47 Å². The molecule has 0 unspecified atom stereocenters. The zero-order chi connectivity index (χ0) is 14.3. The highest BCUT2D eigenvalue weighted by atomic mass is 16.6. The second kappa shape index (κ2) is 4.70. The molecule has 2 aliphatic heterocycles. The lowest BCUT2D eigenvalue weighted by atomic mass is 9.75. The monoisotopic (exact) mass is 279 g/mol. The van der Waals surface area contributed by atoms with Gasteiger partial charge in [0.1, 0.15) is 11.5 Å². The smallest absolute Gasteiger partial charge is 0.319 e. The molecule has 0 aromatic carbocycles. The molecule has 0 spiro atoms. The summed E-state index contributed by atoms with van der Waals surface area (Å²) in [6.07, 6.45) is 3.22. The molecule has 0 N–H and O–H groups in total. The average molecular weight is 279 g/mol. The van der Waals surface area contributed by atoms with E-state index in [1.165, 1.54) is 6.08 Å². The van der Waals surface area contributed by atoms with Gasteiger partial charge in [0, 0.05) is 25.4 Å². The van der Waals surface area contributed by atoms with Crippen LogP contribution in [0.3, 0.4) is 0 Å². The van der Waals surface area contributed by atoms with Crippen molar-refractivity contribution in [2.45, 2.75) is 18.9 Å². The second-order valence-corrected chi connectivity index (χ2v) is 5.63. The van der Waals surface area contributed by atoms with E-state index in [0.29, 0.717) is 26.3 Å². The quantitative estimate of drug-likeness (QED) is 0.496. The van der Waals surface area contributed by atoms with Gasteiger partial charge in [-0.05, 0) is 19.1 Å². The van der Waals surface area contributed by atoms with Crippen molar-refractivity contribution in [1.29, 1.82) is 0 Å². The number of morpholine rings is 1. The Balaban J connectivity index is 1.85. The molecule has 0 bridgehead atoms. The number of amides is 1. The van der Waals surface area contributed by atoms with Gasteiger partial charge in [-0.1, -0.05) is 0 Å². The Labute approximate surface area is 116 Å². The summed E-state index contributed by atoms with van der Waals surface area (Å²) in [6.45, 7) is 3.68. The van der Waals surface area contributed by atoms with Crippen molar-refractivity contribution in [3.8, 4) is 0 Å². The van der Waals surface area contributed by atoms with Gasteiger partial charge in [0.05, 0.1) is 13.2 Å². The predicted molar refractivity (Wildman–Crippen MR) is 67.6 cm³/mol. The van der Waals surface area contributed by atoms with Crippen LogP contribution in [0, 0.1) is 11.8 Å².